The summed E-state index contributed by atoms with van der Waals surface area (Å²) in [5.41, 5.74) is 0. The average molecular weight is 142 g/mol. The average Bonchev–Trinajstić information content (AvgIpc) is 2.38. The van der Waals surface area contributed by atoms with Crippen LogP contribution in [0.3, 0.4) is 0 Å². The Morgan fingerprint density at radius 3 is 2.60 bits per heavy atom. The second kappa shape index (κ2) is 3.59. The molecule has 10 heavy (non-hydrogen) atoms. The molecule has 0 bridgehead atoms. The van der Waals surface area contributed by atoms with Crippen molar-refractivity contribution in [3.63, 3.8) is 0 Å². The van der Waals surface area contributed by atoms with Crippen molar-refractivity contribution in [2.24, 2.45) is 5.92 Å². The number of carbonyl (C=O) groups is 1. The van der Waals surface area contributed by atoms with Crippen LogP contribution in [0.4, 0.5) is 0 Å². The number of ether oxygens (including phenoxy) is 1. The molecule has 1 atom stereocenters. The molecular weight excluding hydrogens is 128 g/mol. The van der Waals surface area contributed by atoms with Gasteiger partial charge in [-0.25, -0.2) is 0 Å². The Hall–Kier alpha value is -0.530. The third kappa shape index (κ3) is 1.72. The summed E-state index contributed by atoms with van der Waals surface area (Å²) in [6.45, 7) is 2.54. The third-order valence-corrected chi connectivity index (χ3v) is 2.33. The number of carbonyl (C=O) groups excluding carboxylic acids is 1. The monoisotopic (exact) mass is 142 g/mol. The summed E-state index contributed by atoms with van der Waals surface area (Å²) in [4.78, 5) is 9.95. The molecule has 58 valence electrons. The quantitative estimate of drug-likeness (QED) is 0.561. The lowest BCUT2D eigenvalue weighted by molar-refractivity contribution is -0.135. The molecule has 1 aliphatic carbocycles. The predicted molar refractivity (Wildman–Crippen MR) is 38.6 cm³/mol. The van der Waals surface area contributed by atoms with Gasteiger partial charge in [0.05, 0.1) is 0 Å². The predicted octanol–water partition coefficient (Wildman–Crippen LogP) is 1.74. The number of hydrogen-bond acceptors (Lipinski definition) is 2. The van der Waals surface area contributed by atoms with Gasteiger partial charge in [-0.2, -0.15) is 0 Å². The molecule has 2 heteroatoms. The first-order valence-electron chi connectivity index (χ1n) is 3.93. The molecule has 0 aromatic rings. The van der Waals surface area contributed by atoms with Gasteiger partial charge in [0.2, 0.25) is 0 Å². The maximum absolute atomic E-state index is 9.95. The molecule has 0 radical (unpaired) electrons. The summed E-state index contributed by atoms with van der Waals surface area (Å²) in [6.07, 6.45) is 5.21. The van der Waals surface area contributed by atoms with Crippen molar-refractivity contribution in [3.05, 3.63) is 0 Å². The van der Waals surface area contributed by atoms with Crippen LogP contribution in [0.5, 0.6) is 0 Å². The van der Waals surface area contributed by atoms with Crippen molar-refractivity contribution in [3.8, 4) is 0 Å². The molecule has 0 N–H and O–H groups in total. The molecule has 0 amide bonds. The Bertz CT molecular complexity index is 106. The fraction of sp³-hybridized carbons (Fsp3) is 0.875. The standard InChI is InChI=1S/C8H14O2/c1-7(10-6-9)8-4-2-3-5-8/h6-8H,2-5H2,1H3. The molecule has 2 nitrogen and oxygen atoms in total. The minimum Gasteiger partial charge on any atom is -0.465 e. The minimum atomic E-state index is 0.139. The third-order valence-electron chi connectivity index (χ3n) is 2.33. The van der Waals surface area contributed by atoms with Gasteiger partial charge in [-0.1, -0.05) is 12.8 Å². The van der Waals surface area contributed by atoms with Crippen LogP contribution in [0.2, 0.25) is 0 Å². The first kappa shape index (κ1) is 7.58. The molecule has 1 aliphatic rings. The van der Waals surface area contributed by atoms with Crippen molar-refractivity contribution < 1.29 is 9.53 Å². The van der Waals surface area contributed by atoms with Crippen molar-refractivity contribution in [2.45, 2.75) is 38.7 Å². The van der Waals surface area contributed by atoms with Crippen LogP contribution in [-0.4, -0.2) is 12.6 Å². The molecule has 0 aromatic carbocycles. The smallest absolute Gasteiger partial charge is 0.293 e. The first-order valence-corrected chi connectivity index (χ1v) is 3.93. The van der Waals surface area contributed by atoms with Crippen molar-refractivity contribution in [1.82, 2.24) is 0 Å². The fourth-order valence-electron chi connectivity index (χ4n) is 1.63. The van der Waals surface area contributed by atoms with Crippen LogP contribution < -0.4 is 0 Å². The summed E-state index contributed by atoms with van der Waals surface area (Å²) >= 11 is 0. The molecule has 1 rings (SSSR count). The maximum Gasteiger partial charge on any atom is 0.293 e. The molecule has 0 saturated heterocycles. The Labute approximate surface area is 61.6 Å². The van der Waals surface area contributed by atoms with Gasteiger partial charge >= 0.3 is 0 Å². The number of rotatable bonds is 3. The summed E-state index contributed by atoms with van der Waals surface area (Å²) in [7, 11) is 0. The second-order valence-electron chi connectivity index (χ2n) is 2.98. The summed E-state index contributed by atoms with van der Waals surface area (Å²) in [6, 6.07) is 0. The van der Waals surface area contributed by atoms with Gasteiger partial charge in [-0.3, -0.25) is 4.79 Å². The van der Waals surface area contributed by atoms with E-state index in [2.05, 4.69) is 0 Å². The summed E-state index contributed by atoms with van der Waals surface area (Å²) in [5.74, 6) is 0.630. The first-order chi connectivity index (χ1) is 4.84. The minimum absolute atomic E-state index is 0.139. The Morgan fingerprint density at radius 1 is 1.50 bits per heavy atom. The van der Waals surface area contributed by atoms with Crippen molar-refractivity contribution >= 4 is 6.47 Å². The SMILES string of the molecule is CC(OC=O)C1CCCC1. The van der Waals surface area contributed by atoms with E-state index in [1.54, 1.807) is 0 Å². The molecule has 1 fully saturated rings. The van der Waals surface area contributed by atoms with E-state index in [0.717, 1.165) is 0 Å². The van der Waals surface area contributed by atoms with E-state index in [-0.39, 0.29) is 6.10 Å². The van der Waals surface area contributed by atoms with Gasteiger partial charge in [-0.05, 0) is 25.7 Å². The van der Waals surface area contributed by atoms with Gasteiger partial charge in [0.15, 0.2) is 0 Å². The van der Waals surface area contributed by atoms with E-state index in [9.17, 15) is 4.79 Å². The molecular formula is C8H14O2. The number of hydrogen-bond donors (Lipinski definition) is 0. The van der Waals surface area contributed by atoms with Crippen molar-refractivity contribution in [1.29, 1.82) is 0 Å². The summed E-state index contributed by atoms with van der Waals surface area (Å²) < 4.78 is 4.85. The normalized spacial score (nSPS) is 22.5. The lowest BCUT2D eigenvalue weighted by Gasteiger charge is -2.15. The van der Waals surface area contributed by atoms with Gasteiger partial charge in [0, 0.05) is 0 Å². The zero-order valence-electron chi connectivity index (χ0n) is 6.38. The van der Waals surface area contributed by atoms with E-state index in [4.69, 9.17) is 4.74 Å². The van der Waals surface area contributed by atoms with Crippen LogP contribution >= 0.6 is 0 Å². The molecule has 0 heterocycles. The van der Waals surface area contributed by atoms with E-state index in [1.165, 1.54) is 25.7 Å². The van der Waals surface area contributed by atoms with Crippen LogP contribution in [0, 0.1) is 5.92 Å². The van der Waals surface area contributed by atoms with Crippen LogP contribution in [0.15, 0.2) is 0 Å². The highest BCUT2D eigenvalue weighted by molar-refractivity contribution is 5.37. The highest BCUT2D eigenvalue weighted by Crippen LogP contribution is 2.28. The lowest BCUT2D eigenvalue weighted by Crippen LogP contribution is -2.16. The Morgan fingerprint density at radius 2 is 2.10 bits per heavy atom. The Kier molecular flexibility index (Phi) is 2.72. The van der Waals surface area contributed by atoms with E-state index >= 15 is 0 Å². The van der Waals surface area contributed by atoms with Crippen LogP contribution in [0.1, 0.15) is 32.6 Å². The summed E-state index contributed by atoms with van der Waals surface area (Å²) in [5, 5.41) is 0. The molecule has 1 saturated carbocycles. The zero-order valence-corrected chi connectivity index (χ0v) is 6.38. The van der Waals surface area contributed by atoms with E-state index in [1.807, 2.05) is 6.92 Å². The van der Waals surface area contributed by atoms with Gasteiger partial charge in [-0.15, -0.1) is 0 Å². The van der Waals surface area contributed by atoms with Gasteiger partial charge in [0.1, 0.15) is 6.10 Å². The van der Waals surface area contributed by atoms with Gasteiger partial charge < -0.3 is 4.74 Å². The Balaban J connectivity index is 2.24. The fourth-order valence-corrected chi connectivity index (χ4v) is 1.63. The molecule has 0 aliphatic heterocycles. The van der Waals surface area contributed by atoms with Gasteiger partial charge in [0.25, 0.3) is 6.47 Å². The topological polar surface area (TPSA) is 26.3 Å². The molecule has 1 unspecified atom stereocenters. The van der Waals surface area contributed by atoms with E-state index < -0.39 is 0 Å². The largest absolute Gasteiger partial charge is 0.465 e. The van der Waals surface area contributed by atoms with Crippen molar-refractivity contribution in [2.75, 3.05) is 0 Å². The second-order valence-corrected chi connectivity index (χ2v) is 2.98. The highest BCUT2D eigenvalue weighted by atomic mass is 16.5. The van der Waals surface area contributed by atoms with Crippen LogP contribution in [-0.2, 0) is 9.53 Å². The zero-order chi connectivity index (χ0) is 7.40. The highest BCUT2D eigenvalue weighted by Gasteiger charge is 2.21. The molecule has 0 aromatic heterocycles. The molecule has 0 spiro atoms. The lowest BCUT2D eigenvalue weighted by atomic mass is 10.0. The maximum atomic E-state index is 9.95. The van der Waals surface area contributed by atoms with Crippen LogP contribution in [0.25, 0.3) is 0 Å². The van der Waals surface area contributed by atoms with E-state index in [0.29, 0.717) is 12.4 Å².